The minimum atomic E-state index is -1.09. The van der Waals surface area contributed by atoms with Crippen LogP contribution >= 0.6 is 11.3 Å². The van der Waals surface area contributed by atoms with Crippen LogP contribution in [-0.4, -0.2) is 17.0 Å². The summed E-state index contributed by atoms with van der Waals surface area (Å²) in [6.45, 7) is 4.57. The zero-order valence-electron chi connectivity index (χ0n) is 19.4. The molecule has 0 aliphatic heterocycles. The van der Waals surface area contributed by atoms with E-state index in [4.69, 9.17) is 4.74 Å². The van der Waals surface area contributed by atoms with Gasteiger partial charge in [0.25, 0.3) is 0 Å². The van der Waals surface area contributed by atoms with Crippen molar-refractivity contribution in [1.82, 2.24) is 0 Å². The molecular formula is C29H25NO4S. The summed E-state index contributed by atoms with van der Waals surface area (Å²) in [5.41, 5.74) is 4.54. The van der Waals surface area contributed by atoms with Crippen LogP contribution in [0.1, 0.15) is 31.2 Å². The molecule has 0 saturated carbocycles. The van der Waals surface area contributed by atoms with E-state index in [2.05, 4.69) is 30.4 Å². The van der Waals surface area contributed by atoms with E-state index < -0.39 is 11.9 Å². The van der Waals surface area contributed by atoms with Crippen molar-refractivity contribution in [1.29, 1.82) is 0 Å². The second kappa shape index (κ2) is 10.8. The monoisotopic (exact) mass is 483 g/mol. The van der Waals surface area contributed by atoms with Crippen molar-refractivity contribution in [3.8, 4) is 16.9 Å². The van der Waals surface area contributed by atoms with Crippen LogP contribution in [0, 0.1) is 13.8 Å². The van der Waals surface area contributed by atoms with Gasteiger partial charge in [0.15, 0.2) is 0 Å². The third kappa shape index (κ3) is 6.05. The van der Waals surface area contributed by atoms with Gasteiger partial charge in [0.1, 0.15) is 12.4 Å². The van der Waals surface area contributed by atoms with Crippen LogP contribution in [0.4, 0.5) is 5.69 Å². The van der Waals surface area contributed by atoms with Crippen molar-refractivity contribution in [2.75, 3.05) is 5.32 Å². The highest BCUT2D eigenvalue weighted by Crippen LogP contribution is 2.32. The van der Waals surface area contributed by atoms with Gasteiger partial charge in [-0.3, -0.25) is 4.79 Å². The van der Waals surface area contributed by atoms with Crippen LogP contribution in [0.2, 0.25) is 0 Å². The van der Waals surface area contributed by atoms with E-state index in [1.54, 1.807) is 35.6 Å². The third-order valence-corrected chi connectivity index (χ3v) is 6.49. The first kappa shape index (κ1) is 24.0. The molecule has 1 aromatic heterocycles. The van der Waals surface area contributed by atoms with Gasteiger partial charge in [-0.15, -0.1) is 11.3 Å². The van der Waals surface area contributed by atoms with Gasteiger partial charge in [-0.25, -0.2) is 4.79 Å². The highest BCUT2D eigenvalue weighted by molar-refractivity contribution is 7.12. The summed E-state index contributed by atoms with van der Waals surface area (Å²) in [6, 6.07) is 24.5. The number of carbonyl (C=O) groups is 2. The van der Waals surface area contributed by atoms with Gasteiger partial charge in [0.2, 0.25) is 5.91 Å². The Morgan fingerprint density at radius 2 is 1.71 bits per heavy atom. The molecule has 0 spiro atoms. The lowest BCUT2D eigenvalue weighted by molar-refractivity contribution is -0.111. The lowest BCUT2D eigenvalue weighted by atomic mass is 10.1. The topological polar surface area (TPSA) is 75.6 Å². The molecule has 0 radical (unpaired) electrons. The maximum atomic E-state index is 12.3. The molecule has 0 aliphatic carbocycles. The lowest BCUT2D eigenvalue weighted by Gasteiger charge is -2.09. The minimum Gasteiger partial charge on any atom is -0.488 e. The quantitative estimate of drug-likeness (QED) is 0.266. The van der Waals surface area contributed by atoms with Gasteiger partial charge in [0, 0.05) is 15.8 Å². The van der Waals surface area contributed by atoms with Crippen LogP contribution in [0.5, 0.6) is 5.75 Å². The Bertz CT molecular complexity index is 1390. The fourth-order valence-electron chi connectivity index (χ4n) is 3.73. The molecule has 0 unspecified atom stereocenters. The van der Waals surface area contributed by atoms with E-state index in [9.17, 15) is 14.7 Å². The number of rotatable bonds is 8. The molecule has 0 aliphatic rings. The number of aromatic carboxylic acids is 1. The number of benzene rings is 3. The lowest BCUT2D eigenvalue weighted by Crippen LogP contribution is -2.11. The highest BCUT2D eigenvalue weighted by Gasteiger charge is 2.11. The van der Waals surface area contributed by atoms with Crippen LogP contribution in [0.3, 0.4) is 0 Å². The van der Waals surface area contributed by atoms with E-state index in [-0.39, 0.29) is 11.3 Å². The third-order valence-electron chi connectivity index (χ3n) is 5.47. The van der Waals surface area contributed by atoms with Crippen molar-refractivity contribution in [2.45, 2.75) is 20.5 Å². The molecular weight excluding hydrogens is 458 g/mol. The Kier molecular flexibility index (Phi) is 7.43. The van der Waals surface area contributed by atoms with E-state index in [1.807, 2.05) is 43.3 Å². The Morgan fingerprint density at radius 1 is 0.971 bits per heavy atom. The molecule has 0 fully saturated rings. The van der Waals surface area contributed by atoms with Gasteiger partial charge in [0.05, 0.1) is 11.3 Å². The number of aryl methyl sites for hydroxylation is 2. The molecule has 176 valence electrons. The molecule has 5 nitrogen and oxygen atoms in total. The van der Waals surface area contributed by atoms with Crippen LogP contribution in [-0.2, 0) is 11.4 Å². The number of amides is 1. The smallest absolute Gasteiger partial charge is 0.337 e. The fourth-order valence-corrected chi connectivity index (χ4v) is 4.71. The molecule has 1 heterocycles. The Hall–Kier alpha value is -4.16. The zero-order chi connectivity index (χ0) is 24.8. The van der Waals surface area contributed by atoms with Crippen molar-refractivity contribution >= 4 is 35.0 Å². The number of hydrogen-bond acceptors (Lipinski definition) is 4. The fraction of sp³-hybridized carbons (Fsp3) is 0.103. The van der Waals surface area contributed by atoms with E-state index in [1.165, 1.54) is 28.1 Å². The van der Waals surface area contributed by atoms with Gasteiger partial charge in [-0.1, -0.05) is 48.5 Å². The van der Waals surface area contributed by atoms with Crippen molar-refractivity contribution in [3.05, 3.63) is 111 Å². The Morgan fingerprint density at radius 3 is 2.46 bits per heavy atom. The minimum absolute atomic E-state index is 0.0448. The average Bonchev–Trinajstić information content (AvgIpc) is 3.23. The van der Waals surface area contributed by atoms with Crippen molar-refractivity contribution < 1.29 is 19.4 Å². The Balaban J connectivity index is 1.38. The molecule has 4 aromatic rings. The molecule has 2 N–H and O–H groups in total. The number of carbonyl (C=O) groups excluding carboxylic acids is 1. The van der Waals surface area contributed by atoms with E-state index >= 15 is 0 Å². The molecule has 6 heteroatoms. The number of anilines is 1. The summed E-state index contributed by atoms with van der Waals surface area (Å²) < 4.78 is 6.07. The largest absolute Gasteiger partial charge is 0.488 e. The van der Waals surface area contributed by atoms with E-state index in [0.29, 0.717) is 6.61 Å². The summed E-state index contributed by atoms with van der Waals surface area (Å²) in [7, 11) is 0. The summed E-state index contributed by atoms with van der Waals surface area (Å²) >= 11 is 1.73. The molecule has 0 bridgehead atoms. The zero-order valence-corrected chi connectivity index (χ0v) is 20.3. The molecule has 4 rings (SSSR count). The number of nitrogens with one attached hydrogen (secondary N) is 1. The van der Waals surface area contributed by atoms with Gasteiger partial charge in [-0.05, 0) is 72.5 Å². The molecule has 1 amide bonds. The summed E-state index contributed by atoms with van der Waals surface area (Å²) in [4.78, 5) is 26.0. The molecule has 0 atom stereocenters. The van der Waals surface area contributed by atoms with Crippen LogP contribution < -0.4 is 10.1 Å². The maximum Gasteiger partial charge on any atom is 0.337 e. The first-order valence-corrected chi connectivity index (χ1v) is 11.9. The number of hydrogen-bond donors (Lipinski definition) is 2. The SMILES string of the molecule is Cc1cc(/C=C/C(=O)Nc2ccccc2C(=O)O)ccc1OCc1cc(-c2ccccc2)c(C)s1. The highest BCUT2D eigenvalue weighted by atomic mass is 32.1. The van der Waals surface area contributed by atoms with Crippen LogP contribution in [0.25, 0.3) is 17.2 Å². The van der Waals surface area contributed by atoms with Crippen molar-refractivity contribution in [2.24, 2.45) is 0 Å². The normalized spacial score (nSPS) is 10.9. The predicted octanol–water partition coefficient (Wildman–Crippen LogP) is 6.96. The standard InChI is InChI=1S/C29H25NO4S/c1-19-16-21(13-15-28(31)30-26-11-7-6-10-24(26)29(32)33)12-14-27(19)34-18-23-17-25(20(2)35-23)22-8-4-3-5-9-22/h3-17H,18H2,1-2H3,(H,30,31)(H,32,33)/b15-13+. The number of carboxylic acids is 1. The summed E-state index contributed by atoms with van der Waals surface area (Å²) in [5, 5.41) is 11.9. The first-order valence-electron chi connectivity index (χ1n) is 11.1. The second-order valence-electron chi connectivity index (χ2n) is 8.04. The number of para-hydroxylation sites is 1. The maximum absolute atomic E-state index is 12.3. The number of carboxylic acid groups (broad SMARTS) is 1. The summed E-state index contributed by atoms with van der Waals surface area (Å²) in [5.74, 6) is -0.710. The molecule has 35 heavy (non-hydrogen) atoms. The first-order chi connectivity index (χ1) is 16.9. The molecule has 3 aromatic carbocycles. The predicted molar refractivity (Wildman–Crippen MR) is 141 cm³/mol. The van der Waals surface area contributed by atoms with E-state index in [0.717, 1.165) is 21.8 Å². The Labute approximate surface area is 208 Å². The van der Waals surface area contributed by atoms with Crippen LogP contribution in [0.15, 0.2) is 84.9 Å². The van der Waals surface area contributed by atoms with Gasteiger partial charge >= 0.3 is 5.97 Å². The van der Waals surface area contributed by atoms with Gasteiger partial charge in [-0.2, -0.15) is 0 Å². The van der Waals surface area contributed by atoms with Gasteiger partial charge < -0.3 is 15.2 Å². The average molecular weight is 484 g/mol. The van der Waals surface area contributed by atoms with Crippen molar-refractivity contribution in [3.63, 3.8) is 0 Å². The number of thiophene rings is 1. The second-order valence-corrected chi connectivity index (χ2v) is 9.38. The molecule has 0 saturated heterocycles. The summed E-state index contributed by atoms with van der Waals surface area (Å²) in [6.07, 6.45) is 3.07. The number of ether oxygens (including phenoxy) is 1.